The fraction of sp³-hybridized carbons (Fsp3) is 0.565. The lowest BCUT2D eigenvalue weighted by molar-refractivity contribution is -0.146. The molecule has 0 spiro atoms. The van der Waals surface area contributed by atoms with Crippen LogP contribution in [0.1, 0.15) is 56.5 Å². The summed E-state index contributed by atoms with van der Waals surface area (Å²) in [5, 5.41) is 2.57. The molecule has 1 N–H and O–H groups in total. The highest BCUT2D eigenvalue weighted by atomic mass is 16.6. The zero-order valence-corrected chi connectivity index (χ0v) is 18.9. The van der Waals surface area contributed by atoms with E-state index in [4.69, 9.17) is 9.47 Å². The van der Waals surface area contributed by atoms with E-state index in [0.29, 0.717) is 31.5 Å². The van der Waals surface area contributed by atoms with Gasteiger partial charge < -0.3 is 19.7 Å². The van der Waals surface area contributed by atoms with Gasteiger partial charge in [-0.1, -0.05) is 29.8 Å². The van der Waals surface area contributed by atoms with Gasteiger partial charge in [0.2, 0.25) is 5.91 Å². The fourth-order valence-corrected chi connectivity index (χ4v) is 3.25. The number of carbonyl (C=O) groups is 4. The van der Waals surface area contributed by atoms with Crippen molar-refractivity contribution < 1.29 is 28.7 Å². The first-order valence-corrected chi connectivity index (χ1v) is 10.6. The molecule has 1 aromatic rings. The molecular weight excluding hydrogens is 400 g/mol. The molecule has 0 bridgehead atoms. The maximum Gasteiger partial charge on any atom is 0.410 e. The zero-order chi connectivity index (χ0) is 23.2. The maximum absolute atomic E-state index is 12.9. The highest BCUT2D eigenvalue weighted by Gasteiger charge is 2.35. The number of ether oxygens (including phenoxy) is 2. The van der Waals surface area contributed by atoms with Crippen LogP contribution in [0.25, 0.3) is 0 Å². The molecule has 1 saturated heterocycles. The molecule has 1 atom stereocenters. The molecule has 0 radical (unpaired) electrons. The summed E-state index contributed by atoms with van der Waals surface area (Å²) in [7, 11) is 0. The minimum atomic E-state index is -1.40. The molecule has 8 nitrogen and oxygen atoms in total. The molecule has 8 heteroatoms. The lowest BCUT2D eigenvalue weighted by Gasteiger charge is -2.33. The molecule has 1 heterocycles. The Balaban J connectivity index is 2.02. The van der Waals surface area contributed by atoms with Crippen molar-refractivity contribution >= 4 is 23.8 Å². The van der Waals surface area contributed by atoms with Crippen LogP contribution in [0.4, 0.5) is 4.79 Å². The monoisotopic (exact) mass is 432 g/mol. The van der Waals surface area contributed by atoms with Crippen LogP contribution in [-0.4, -0.2) is 60.0 Å². The van der Waals surface area contributed by atoms with Crippen LogP contribution in [0.3, 0.4) is 0 Å². The van der Waals surface area contributed by atoms with E-state index < -0.39 is 41.3 Å². The normalized spacial score (nSPS) is 15.7. The number of Topliss-reactive ketones (excluding diaryl/α,β-unsaturated/α-hetero) is 1. The minimum Gasteiger partial charge on any atom is -0.464 e. The number of piperidine rings is 1. The number of nitrogens with zero attached hydrogens (tertiary/aromatic N) is 1. The quantitative estimate of drug-likeness (QED) is 0.421. The summed E-state index contributed by atoms with van der Waals surface area (Å²) in [6.07, 6.45) is 0.420. The Labute approximate surface area is 183 Å². The Bertz CT molecular complexity index is 804. The van der Waals surface area contributed by atoms with E-state index in [0.717, 1.165) is 5.56 Å². The second kappa shape index (κ2) is 10.4. The molecule has 0 aliphatic carbocycles. The third-order valence-corrected chi connectivity index (χ3v) is 4.92. The second-order valence-corrected chi connectivity index (χ2v) is 8.67. The molecule has 1 aromatic carbocycles. The van der Waals surface area contributed by atoms with Crippen LogP contribution >= 0.6 is 0 Å². The SMILES string of the molecule is CCOC(=O)C(NC(=O)C1CCN(C(=O)OC(C)(C)C)CC1)C(=O)c1ccc(C)cc1. The van der Waals surface area contributed by atoms with Gasteiger partial charge in [-0.25, -0.2) is 9.59 Å². The molecule has 1 aliphatic rings. The Morgan fingerprint density at radius 2 is 1.68 bits per heavy atom. The minimum absolute atomic E-state index is 0.0979. The molecule has 1 aliphatic heterocycles. The molecule has 1 fully saturated rings. The second-order valence-electron chi connectivity index (χ2n) is 8.67. The largest absolute Gasteiger partial charge is 0.464 e. The number of nitrogens with one attached hydrogen (secondary N) is 1. The van der Waals surface area contributed by atoms with Crippen LogP contribution in [0, 0.1) is 12.8 Å². The first-order chi connectivity index (χ1) is 14.5. The van der Waals surface area contributed by atoms with Crippen LogP contribution in [0.2, 0.25) is 0 Å². The van der Waals surface area contributed by atoms with Crippen LogP contribution in [-0.2, 0) is 19.1 Å². The summed E-state index contributed by atoms with van der Waals surface area (Å²) >= 11 is 0. The van der Waals surface area contributed by atoms with E-state index in [-0.39, 0.29) is 6.61 Å². The molecule has 0 saturated carbocycles. The summed E-state index contributed by atoms with van der Waals surface area (Å²) in [5.41, 5.74) is 0.711. The van der Waals surface area contributed by atoms with E-state index in [2.05, 4.69) is 5.32 Å². The predicted molar refractivity (Wildman–Crippen MR) is 115 cm³/mol. The van der Waals surface area contributed by atoms with Crippen molar-refractivity contribution in [3.8, 4) is 0 Å². The number of carbonyl (C=O) groups excluding carboxylic acids is 4. The molecular formula is C23H32N2O6. The number of aryl methyl sites for hydroxylation is 1. The van der Waals surface area contributed by atoms with Gasteiger partial charge in [-0.3, -0.25) is 9.59 Å². The van der Waals surface area contributed by atoms with E-state index >= 15 is 0 Å². The lowest BCUT2D eigenvalue weighted by Crippen LogP contribution is -2.51. The average molecular weight is 433 g/mol. The lowest BCUT2D eigenvalue weighted by atomic mass is 9.95. The summed E-state index contributed by atoms with van der Waals surface area (Å²) < 4.78 is 10.4. The molecule has 1 unspecified atom stereocenters. The van der Waals surface area contributed by atoms with Crippen molar-refractivity contribution in [3.05, 3.63) is 35.4 Å². The van der Waals surface area contributed by atoms with Crippen molar-refractivity contribution in [2.75, 3.05) is 19.7 Å². The predicted octanol–water partition coefficient (Wildman–Crippen LogP) is 2.87. The van der Waals surface area contributed by atoms with Crippen LogP contribution in [0.5, 0.6) is 0 Å². The number of ketones is 1. The molecule has 31 heavy (non-hydrogen) atoms. The highest BCUT2D eigenvalue weighted by Crippen LogP contribution is 2.20. The Morgan fingerprint density at radius 3 is 2.19 bits per heavy atom. The molecule has 0 aromatic heterocycles. The summed E-state index contributed by atoms with van der Waals surface area (Å²) in [6.45, 7) is 9.75. The number of benzene rings is 1. The van der Waals surface area contributed by atoms with Crippen molar-refractivity contribution in [2.45, 2.75) is 59.1 Å². The number of rotatable bonds is 6. The number of esters is 1. The maximum atomic E-state index is 12.9. The third kappa shape index (κ3) is 7.08. The van der Waals surface area contributed by atoms with Gasteiger partial charge in [0.1, 0.15) is 5.60 Å². The number of amides is 2. The molecule has 170 valence electrons. The van der Waals surface area contributed by atoms with Gasteiger partial charge in [0.05, 0.1) is 6.61 Å². The van der Waals surface area contributed by atoms with Gasteiger partial charge in [-0.15, -0.1) is 0 Å². The molecule has 2 amide bonds. The van der Waals surface area contributed by atoms with Gasteiger partial charge in [-0.05, 0) is 47.5 Å². The number of hydrogen-bond donors (Lipinski definition) is 1. The summed E-state index contributed by atoms with van der Waals surface area (Å²) in [5.74, 6) is -2.12. The first-order valence-electron chi connectivity index (χ1n) is 10.6. The zero-order valence-electron chi connectivity index (χ0n) is 18.9. The van der Waals surface area contributed by atoms with E-state index in [1.54, 1.807) is 56.9 Å². The standard InChI is InChI=1S/C23H32N2O6/c1-6-30-21(28)18(19(26)16-9-7-15(2)8-10-16)24-20(27)17-11-13-25(14-12-17)22(29)31-23(3,4)5/h7-10,17-18H,6,11-14H2,1-5H3,(H,24,27). The van der Waals surface area contributed by atoms with E-state index in [1.807, 2.05) is 6.92 Å². The van der Waals surface area contributed by atoms with Crippen molar-refractivity contribution in [3.63, 3.8) is 0 Å². The Hall–Kier alpha value is -2.90. The molecule has 2 rings (SSSR count). The van der Waals surface area contributed by atoms with E-state index in [9.17, 15) is 19.2 Å². The topological polar surface area (TPSA) is 102 Å². The van der Waals surface area contributed by atoms with Crippen LogP contribution in [0.15, 0.2) is 24.3 Å². The number of hydrogen-bond acceptors (Lipinski definition) is 6. The fourth-order valence-electron chi connectivity index (χ4n) is 3.25. The number of likely N-dealkylation sites (tertiary alicyclic amines) is 1. The first kappa shape index (κ1) is 24.4. The van der Waals surface area contributed by atoms with Crippen LogP contribution < -0.4 is 5.32 Å². The van der Waals surface area contributed by atoms with Gasteiger partial charge in [0.25, 0.3) is 0 Å². The average Bonchev–Trinajstić information content (AvgIpc) is 2.71. The van der Waals surface area contributed by atoms with Gasteiger partial charge in [0.15, 0.2) is 11.8 Å². The van der Waals surface area contributed by atoms with Crippen molar-refractivity contribution in [1.82, 2.24) is 10.2 Å². The van der Waals surface area contributed by atoms with Crippen molar-refractivity contribution in [2.24, 2.45) is 5.92 Å². The third-order valence-electron chi connectivity index (χ3n) is 4.92. The van der Waals surface area contributed by atoms with E-state index in [1.165, 1.54) is 0 Å². The van der Waals surface area contributed by atoms with Crippen molar-refractivity contribution in [1.29, 1.82) is 0 Å². The Kier molecular flexibility index (Phi) is 8.19. The summed E-state index contributed by atoms with van der Waals surface area (Å²) in [6, 6.07) is 5.37. The smallest absolute Gasteiger partial charge is 0.410 e. The van der Waals surface area contributed by atoms with Gasteiger partial charge >= 0.3 is 12.1 Å². The highest BCUT2D eigenvalue weighted by molar-refractivity contribution is 6.13. The van der Waals surface area contributed by atoms with Gasteiger partial charge in [-0.2, -0.15) is 0 Å². The van der Waals surface area contributed by atoms with Gasteiger partial charge in [0, 0.05) is 24.6 Å². The Morgan fingerprint density at radius 1 is 1.10 bits per heavy atom. The summed E-state index contributed by atoms with van der Waals surface area (Å²) in [4.78, 5) is 51.8.